The molecule has 7 nitrogen and oxygen atoms in total. The van der Waals surface area contributed by atoms with Gasteiger partial charge >= 0.3 is 5.97 Å². The summed E-state index contributed by atoms with van der Waals surface area (Å²) in [7, 11) is 0. The van der Waals surface area contributed by atoms with Crippen LogP contribution in [0.4, 0.5) is 0 Å². The molecule has 2 heterocycles. The van der Waals surface area contributed by atoms with Crippen molar-refractivity contribution < 1.29 is 14.6 Å². The summed E-state index contributed by atoms with van der Waals surface area (Å²) < 4.78 is 7.76. The van der Waals surface area contributed by atoms with Gasteiger partial charge in [-0.1, -0.05) is 35.5 Å². The van der Waals surface area contributed by atoms with Gasteiger partial charge in [-0.15, -0.1) is 11.3 Å². The SMILES string of the molecule is Cc1c(Cl)cccc1Cn1c(SCC(=O)OC(C)(C)C)nc(=O)c2sc(CCCCO)nc21. The normalized spacial score (nSPS) is 11.8. The number of rotatable bonds is 9. The lowest BCUT2D eigenvalue weighted by molar-refractivity contribution is -0.151. The first-order valence-corrected chi connectivity index (χ1v) is 12.9. The van der Waals surface area contributed by atoms with Crippen molar-refractivity contribution in [2.45, 2.75) is 64.3 Å². The highest BCUT2D eigenvalue weighted by atomic mass is 35.5. The Hall–Kier alpha value is -1.94. The smallest absolute Gasteiger partial charge is 0.316 e. The monoisotopic (exact) mass is 509 g/mol. The molecule has 0 spiro atoms. The van der Waals surface area contributed by atoms with Gasteiger partial charge in [-0.3, -0.25) is 14.2 Å². The number of carbonyl (C=O) groups excluding carboxylic acids is 1. The zero-order valence-corrected chi connectivity index (χ0v) is 21.6. The first kappa shape index (κ1) is 25.7. The van der Waals surface area contributed by atoms with E-state index in [1.807, 2.05) is 50.5 Å². The van der Waals surface area contributed by atoms with Gasteiger partial charge in [0.25, 0.3) is 5.56 Å². The van der Waals surface area contributed by atoms with Gasteiger partial charge in [0.1, 0.15) is 10.3 Å². The van der Waals surface area contributed by atoms with Crippen LogP contribution >= 0.6 is 34.7 Å². The van der Waals surface area contributed by atoms with E-state index in [0.29, 0.717) is 39.9 Å². The van der Waals surface area contributed by atoms with E-state index in [1.165, 1.54) is 11.3 Å². The molecule has 0 aliphatic heterocycles. The zero-order valence-electron chi connectivity index (χ0n) is 19.2. The fourth-order valence-corrected chi connectivity index (χ4v) is 5.15. The van der Waals surface area contributed by atoms with Gasteiger partial charge in [0.05, 0.1) is 17.3 Å². The molecule has 178 valence electrons. The number of carbonyl (C=O) groups is 1. The second-order valence-corrected chi connectivity index (χ2v) is 11.1. The van der Waals surface area contributed by atoms with Crippen LogP contribution in [0.25, 0.3) is 10.3 Å². The Bertz CT molecular complexity index is 1200. The minimum atomic E-state index is -0.592. The molecule has 33 heavy (non-hydrogen) atoms. The molecule has 0 amide bonds. The Labute approximate surface area is 206 Å². The lowest BCUT2D eigenvalue weighted by Crippen LogP contribution is -2.25. The standard InChI is InChI=1S/C23H28ClN3O4S2/c1-14-15(8-7-9-16(14)24)12-27-20-19(33-17(25-20)10-5-6-11-28)21(30)26-22(27)32-13-18(29)31-23(2,3)4/h7-9,28H,5-6,10-13H2,1-4H3. The van der Waals surface area contributed by atoms with Gasteiger partial charge in [0.15, 0.2) is 10.8 Å². The van der Waals surface area contributed by atoms with Crippen LogP contribution < -0.4 is 5.56 Å². The number of hydrogen-bond donors (Lipinski definition) is 1. The second-order valence-electron chi connectivity index (χ2n) is 8.63. The van der Waals surface area contributed by atoms with Crippen LogP contribution in [0.2, 0.25) is 5.02 Å². The quantitative estimate of drug-likeness (QED) is 0.195. The van der Waals surface area contributed by atoms with Crippen molar-refractivity contribution in [3.63, 3.8) is 0 Å². The summed E-state index contributed by atoms with van der Waals surface area (Å²) in [5.74, 6) is -0.354. The number of fused-ring (bicyclic) bond motifs is 1. The number of aryl methyl sites for hydroxylation is 1. The number of aromatic nitrogens is 3. The third-order valence-corrected chi connectivity index (χ3v) is 7.23. The molecule has 1 N–H and O–H groups in total. The molecule has 0 unspecified atom stereocenters. The number of aliphatic hydroxyl groups excluding tert-OH is 1. The average Bonchev–Trinajstić information content (AvgIpc) is 3.15. The highest BCUT2D eigenvalue weighted by Gasteiger charge is 2.21. The second kappa shape index (κ2) is 11.0. The topological polar surface area (TPSA) is 94.3 Å². The fourth-order valence-electron chi connectivity index (χ4n) is 3.20. The van der Waals surface area contributed by atoms with Crippen LogP contribution in [0.3, 0.4) is 0 Å². The van der Waals surface area contributed by atoms with Crippen molar-refractivity contribution in [3.05, 3.63) is 49.7 Å². The number of nitrogens with zero attached hydrogens (tertiary/aromatic N) is 3. The number of esters is 1. The summed E-state index contributed by atoms with van der Waals surface area (Å²) in [6.07, 6.45) is 2.14. The molecule has 0 bridgehead atoms. The number of hydrogen-bond acceptors (Lipinski definition) is 8. The minimum Gasteiger partial charge on any atom is -0.459 e. The van der Waals surface area contributed by atoms with Gasteiger partial charge in [-0.05, 0) is 64.2 Å². The van der Waals surface area contributed by atoms with Crippen LogP contribution in [0.1, 0.15) is 49.7 Å². The molecule has 0 atom stereocenters. The van der Waals surface area contributed by atoms with Gasteiger partial charge in [-0.2, -0.15) is 4.98 Å². The van der Waals surface area contributed by atoms with Crippen molar-refractivity contribution >= 4 is 51.0 Å². The predicted octanol–water partition coefficient (Wildman–Crippen LogP) is 4.61. The largest absolute Gasteiger partial charge is 0.459 e. The average molecular weight is 510 g/mol. The number of thioether (sulfide) groups is 1. The Balaban J connectivity index is 2.02. The van der Waals surface area contributed by atoms with Crippen LogP contribution in [-0.4, -0.2) is 43.6 Å². The number of aliphatic hydroxyl groups is 1. The van der Waals surface area contributed by atoms with E-state index in [1.54, 1.807) is 0 Å². The first-order chi connectivity index (χ1) is 15.6. The summed E-state index contributed by atoms with van der Waals surface area (Å²) in [5.41, 5.74) is 1.51. The molecular weight excluding hydrogens is 482 g/mol. The molecule has 0 fully saturated rings. The minimum absolute atomic E-state index is 0.0250. The highest BCUT2D eigenvalue weighted by Crippen LogP contribution is 2.28. The Morgan fingerprint density at radius 1 is 1.27 bits per heavy atom. The van der Waals surface area contributed by atoms with E-state index in [2.05, 4.69) is 4.98 Å². The Morgan fingerprint density at radius 3 is 2.73 bits per heavy atom. The maximum absolute atomic E-state index is 12.8. The van der Waals surface area contributed by atoms with Crippen molar-refractivity contribution in [3.8, 4) is 0 Å². The van der Waals surface area contributed by atoms with E-state index in [-0.39, 0.29) is 23.9 Å². The molecule has 0 saturated heterocycles. The molecule has 0 aliphatic carbocycles. The first-order valence-electron chi connectivity index (χ1n) is 10.7. The van der Waals surface area contributed by atoms with E-state index in [0.717, 1.165) is 34.3 Å². The summed E-state index contributed by atoms with van der Waals surface area (Å²) in [6.45, 7) is 7.91. The molecule has 0 aliphatic rings. The van der Waals surface area contributed by atoms with Gasteiger partial charge in [0, 0.05) is 11.6 Å². The Kier molecular flexibility index (Phi) is 8.55. The molecule has 2 aromatic heterocycles. The van der Waals surface area contributed by atoms with Crippen molar-refractivity contribution in [1.82, 2.24) is 14.5 Å². The molecular formula is C23H28ClN3O4S2. The van der Waals surface area contributed by atoms with Crippen LogP contribution in [0.15, 0.2) is 28.2 Å². The summed E-state index contributed by atoms with van der Waals surface area (Å²) in [5, 5.41) is 10.9. The van der Waals surface area contributed by atoms with Gasteiger partial charge in [0.2, 0.25) is 0 Å². The summed E-state index contributed by atoms with van der Waals surface area (Å²) in [4.78, 5) is 34.1. The maximum Gasteiger partial charge on any atom is 0.316 e. The van der Waals surface area contributed by atoms with Crippen molar-refractivity contribution in [1.29, 1.82) is 0 Å². The molecule has 0 radical (unpaired) electrons. The molecule has 3 aromatic rings. The molecule has 1 aromatic carbocycles. The summed E-state index contributed by atoms with van der Waals surface area (Å²) in [6, 6.07) is 5.69. The maximum atomic E-state index is 12.8. The Morgan fingerprint density at radius 2 is 2.03 bits per heavy atom. The van der Waals surface area contributed by atoms with Crippen LogP contribution in [-0.2, 0) is 22.5 Å². The van der Waals surface area contributed by atoms with Crippen molar-refractivity contribution in [2.75, 3.05) is 12.4 Å². The van der Waals surface area contributed by atoms with Crippen LogP contribution in [0, 0.1) is 6.92 Å². The third kappa shape index (κ3) is 6.79. The number of unbranched alkanes of at least 4 members (excludes halogenated alkanes) is 1. The van der Waals surface area contributed by atoms with E-state index in [9.17, 15) is 9.59 Å². The number of thiazole rings is 1. The number of halogens is 1. The predicted molar refractivity (Wildman–Crippen MR) is 134 cm³/mol. The molecule has 0 saturated carbocycles. The fraction of sp³-hybridized carbons (Fsp3) is 0.478. The van der Waals surface area contributed by atoms with E-state index in [4.69, 9.17) is 26.4 Å². The molecule has 3 rings (SSSR count). The van der Waals surface area contributed by atoms with Gasteiger partial charge in [-0.25, -0.2) is 4.98 Å². The summed E-state index contributed by atoms with van der Waals surface area (Å²) >= 11 is 8.82. The van der Waals surface area contributed by atoms with E-state index >= 15 is 0 Å². The zero-order chi connectivity index (χ0) is 24.2. The lowest BCUT2D eigenvalue weighted by atomic mass is 10.1. The molecule has 10 heteroatoms. The highest BCUT2D eigenvalue weighted by molar-refractivity contribution is 7.99. The number of benzene rings is 1. The lowest BCUT2D eigenvalue weighted by Gasteiger charge is -2.19. The third-order valence-electron chi connectivity index (χ3n) is 4.78. The van der Waals surface area contributed by atoms with Gasteiger partial charge < -0.3 is 9.84 Å². The number of ether oxygens (including phenoxy) is 1. The van der Waals surface area contributed by atoms with Crippen molar-refractivity contribution in [2.24, 2.45) is 0 Å². The van der Waals surface area contributed by atoms with E-state index < -0.39 is 5.60 Å². The van der Waals surface area contributed by atoms with Crippen LogP contribution in [0.5, 0.6) is 0 Å².